The zero-order chi connectivity index (χ0) is 12.1. The Morgan fingerprint density at radius 2 is 2.00 bits per heavy atom. The predicted octanol–water partition coefficient (Wildman–Crippen LogP) is 2.33. The number of halogens is 1. The molecule has 0 saturated carbocycles. The van der Waals surface area contributed by atoms with Gasteiger partial charge >= 0.3 is 0 Å². The smallest absolute Gasteiger partial charge is 0.123 e. The predicted molar refractivity (Wildman–Crippen MR) is 65.9 cm³/mol. The topological polar surface area (TPSA) is 43.1 Å². The monoisotopic (exact) mass is 243 g/mol. The van der Waals surface area contributed by atoms with E-state index in [9.17, 15) is 8.60 Å². The molecule has 0 aliphatic heterocycles. The third-order valence-electron chi connectivity index (χ3n) is 2.59. The lowest BCUT2D eigenvalue weighted by Gasteiger charge is -2.09. The first-order chi connectivity index (χ1) is 7.56. The normalized spacial score (nSPS) is 14.8. The zero-order valence-corrected chi connectivity index (χ0v) is 10.5. The molecule has 0 radical (unpaired) electrons. The fourth-order valence-electron chi connectivity index (χ4n) is 1.41. The van der Waals surface area contributed by atoms with Gasteiger partial charge in [-0.05, 0) is 29.7 Å². The second kappa shape index (κ2) is 6.11. The maximum Gasteiger partial charge on any atom is 0.123 e. The molecule has 0 aromatic heterocycles. The third kappa shape index (κ3) is 3.68. The molecule has 0 heterocycles. The second-order valence-corrected chi connectivity index (χ2v) is 5.77. The fraction of sp³-hybridized carbons (Fsp3) is 0.500. The van der Waals surface area contributed by atoms with Crippen LogP contribution in [0.15, 0.2) is 18.2 Å². The fourth-order valence-corrected chi connectivity index (χ4v) is 2.56. The summed E-state index contributed by atoms with van der Waals surface area (Å²) < 4.78 is 25.0. The number of benzene rings is 1. The van der Waals surface area contributed by atoms with Gasteiger partial charge < -0.3 is 5.73 Å². The van der Waals surface area contributed by atoms with Crippen molar-refractivity contribution < 1.29 is 8.60 Å². The van der Waals surface area contributed by atoms with Crippen LogP contribution in [0.25, 0.3) is 0 Å². The molecule has 0 amide bonds. The Labute approximate surface area is 98.5 Å². The Hall–Kier alpha value is -0.740. The van der Waals surface area contributed by atoms with E-state index < -0.39 is 10.8 Å². The van der Waals surface area contributed by atoms with Gasteiger partial charge in [-0.1, -0.05) is 19.9 Å². The zero-order valence-electron chi connectivity index (χ0n) is 9.70. The summed E-state index contributed by atoms with van der Waals surface area (Å²) in [6.45, 7) is 4.25. The molecule has 2 N–H and O–H groups in total. The molecular weight excluding hydrogens is 225 g/mol. The molecule has 0 aliphatic rings. The minimum Gasteiger partial charge on any atom is -0.326 e. The highest BCUT2D eigenvalue weighted by Crippen LogP contribution is 2.13. The highest BCUT2D eigenvalue weighted by molar-refractivity contribution is 7.84. The Morgan fingerprint density at radius 3 is 2.56 bits per heavy atom. The summed E-state index contributed by atoms with van der Waals surface area (Å²) in [5.41, 5.74) is 6.97. The average Bonchev–Trinajstić information content (AvgIpc) is 2.26. The molecule has 0 bridgehead atoms. The van der Waals surface area contributed by atoms with Gasteiger partial charge in [-0.2, -0.15) is 0 Å². The van der Waals surface area contributed by atoms with E-state index in [4.69, 9.17) is 5.73 Å². The van der Waals surface area contributed by atoms with Crippen LogP contribution in [0.3, 0.4) is 0 Å². The van der Waals surface area contributed by atoms with Crippen LogP contribution in [0.2, 0.25) is 0 Å². The van der Waals surface area contributed by atoms with Crippen molar-refractivity contribution in [2.24, 2.45) is 5.73 Å². The lowest BCUT2D eigenvalue weighted by molar-refractivity contribution is 0.623. The summed E-state index contributed by atoms with van der Waals surface area (Å²) in [6.07, 6.45) is 0.867. The van der Waals surface area contributed by atoms with Gasteiger partial charge in [0.15, 0.2) is 0 Å². The number of hydrogen-bond acceptors (Lipinski definition) is 2. The van der Waals surface area contributed by atoms with Gasteiger partial charge in [-0.15, -0.1) is 0 Å². The first-order valence-corrected chi connectivity index (χ1v) is 6.80. The Morgan fingerprint density at radius 1 is 1.38 bits per heavy atom. The van der Waals surface area contributed by atoms with E-state index in [2.05, 4.69) is 0 Å². The van der Waals surface area contributed by atoms with Gasteiger partial charge in [0.2, 0.25) is 0 Å². The maximum absolute atomic E-state index is 13.2. The Kier molecular flexibility index (Phi) is 5.09. The molecule has 0 fully saturated rings. The summed E-state index contributed by atoms with van der Waals surface area (Å²) in [5, 5.41) is 0.143. The summed E-state index contributed by atoms with van der Waals surface area (Å²) in [7, 11) is -0.942. The van der Waals surface area contributed by atoms with E-state index in [0.29, 0.717) is 12.3 Å². The summed E-state index contributed by atoms with van der Waals surface area (Å²) in [5.74, 6) is 0.0962. The van der Waals surface area contributed by atoms with E-state index in [-0.39, 0.29) is 11.1 Å². The van der Waals surface area contributed by atoms with Crippen LogP contribution in [-0.2, 0) is 23.1 Å². The average molecular weight is 243 g/mol. The molecule has 1 rings (SSSR count). The van der Waals surface area contributed by atoms with Crippen molar-refractivity contribution >= 4 is 10.8 Å². The van der Waals surface area contributed by atoms with Crippen molar-refractivity contribution in [1.82, 2.24) is 0 Å². The van der Waals surface area contributed by atoms with Crippen LogP contribution < -0.4 is 5.73 Å². The van der Waals surface area contributed by atoms with Crippen LogP contribution in [0.1, 0.15) is 31.4 Å². The van der Waals surface area contributed by atoms with E-state index in [0.717, 1.165) is 17.5 Å². The summed E-state index contributed by atoms with van der Waals surface area (Å²) in [6, 6.07) is 4.67. The molecule has 2 atom stereocenters. The van der Waals surface area contributed by atoms with Crippen LogP contribution >= 0.6 is 0 Å². The van der Waals surface area contributed by atoms with Crippen molar-refractivity contribution in [3.8, 4) is 0 Å². The van der Waals surface area contributed by atoms with Gasteiger partial charge in [0.05, 0.1) is 0 Å². The van der Waals surface area contributed by atoms with Gasteiger partial charge in [-0.25, -0.2) is 4.39 Å². The quantitative estimate of drug-likeness (QED) is 0.862. The number of hydrogen-bond donors (Lipinski definition) is 1. The molecule has 1 aromatic rings. The number of nitrogens with two attached hydrogens (primary N) is 1. The lowest BCUT2D eigenvalue weighted by Crippen LogP contribution is -2.11. The van der Waals surface area contributed by atoms with Crippen LogP contribution in [0.5, 0.6) is 0 Å². The molecule has 0 spiro atoms. The first kappa shape index (κ1) is 13.3. The van der Waals surface area contributed by atoms with Crippen LogP contribution in [0, 0.1) is 5.82 Å². The molecule has 90 valence electrons. The molecule has 0 aliphatic carbocycles. The largest absolute Gasteiger partial charge is 0.326 e. The number of rotatable bonds is 5. The van der Waals surface area contributed by atoms with E-state index >= 15 is 0 Å². The van der Waals surface area contributed by atoms with Gasteiger partial charge in [0, 0.05) is 28.3 Å². The van der Waals surface area contributed by atoms with E-state index in [1.165, 1.54) is 12.1 Å². The molecule has 16 heavy (non-hydrogen) atoms. The second-order valence-electron chi connectivity index (χ2n) is 3.92. The van der Waals surface area contributed by atoms with Crippen molar-refractivity contribution in [1.29, 1.82) is 0 Å². The van der Waals surface area contributed by atoms with E-state index in [1.807, 2.05) is 19.9 Å². The van der Waals surface area contributed by atoms with Gasteiger partial charge in [0.25, 0.3) is 0 Å². The summed E-state index contributed by atoms with van der Waals surface area (Å²) in [4.78, 5) is 0. The molecule has 4 heteroatoms. The molecule has 1 aromatic carbocycles. The Bertz CT molecular complexity index is 381. The minimum atomic E-state index is -0.942. The van der Waals surface area contributed by atoms with Crippen molar-refractivity contribution in [3.05, 3.63) is 35.1 Å². The van der Waals surface area contributed by atoms with Crippen molar-refractivity contribution in [2.75, 3.05) is 0 Å². The van der Waals surface area contributed by atoms with Crippen LogP contribution in [-0.4, -0.2) is 9.46 Å². The van der Waals surface area contributed by atoms with Crippen molar-refractivity contribution in [2.45, 2.75) is 37.8 Å². The highest BCUT2D eigenvalue weighted by atomic mass is 32.2. The maximum atomic E-state index is 13.2. The summed E-state index contributed by atoms with van der Waals surface area (Å²) >= 11 is 0. The van der Waals surface area contributed by atoms with Crippen molar-refractivity contribution in [3.63, 3.8) is 0 Å². The van der Waals surface area contributed by atoms with Gasteiger partial charge in [-0.3, -0.25) is 4.21 Å². The molecular formula is C12H18FNOS. The van der Waals surface area contributed by atoms with Gasteiger partial charge in [0.1, 0.15) is 5.82 Å². The Balaban J connectivity index is 2.81. The van der Waals surface area contributed by atoms with Crippen LogP contribution in [0.4, 0.5) is 4.39 Å². The lowest BCUT2D eigenvalue weighted by atomic mass is 10.1. The highest BCUT2D eigenvalue weighted by Gasteiger charge is 2.10. The first-order valence-electron chi connectivity index (χ1n) is 5.42. The molecule has 0 saturated heterocycles. The van der Waals surface area contributed by atoms with E-state index in [1.54, 1.807) is 0 Å². The third-order valence-corrected chi connectivity index (χ3v) is 4.43. The standard InChI is InChI=1S/C12H18FNOS/c1-3-9(2)16(15)8-11-4-10(7-14)5-12(13)6-11/h4-6,9H,3,7-8,14H2,1-2H3. The molecule has 2 unspecified atom stereocenters. The minimum absolute atomic E-state index is 0.143. The SMILES string of the molecule is CCC(C)S(=O)Cc1cc(F)cc(CN)c1. The molecule has 2 nitrogen and oxygen atoms in total.